The number of hydrogen-bond acceptors (Lipinski definition) is 3. The van der Waals surface area contributed by atoms with Gasteiger partial charge in [0.05, 0.1) is 0 Å². The molecule has 0 aliphatic carbocycles. The standard InChI is InChI=1S/C18H29N3OS/c1-19-17(20-12-6-9-16-7-4-3-5-8-16)21-15-18(23-2)10-13-22-14-11-18/h3-5,7-8H,6,9-15H2,1-2H3,(H2,19,20,21). The molecule has 0 aromatic heterocycles. The van der Waals surface area contributed by atoms with Crippen molar-refractivity contribution in [1.82, 2.24) is 10.6 Å². The van der Waals surface area contributed by atoms with Crippen LogP contribution in [-0.2, 0) is 11.2 Å². The predicted octanol–water partition coefficient (Wildman–Crippen LogP) is 2.70. The highest BCUT2D eigenvalue weighted by molar-refractivity contribution is 8.00. The Kier molecular flexibility index (Phi) is 7.76. The van der Waals surface area contributed by atoms with Gasteiger partial charge in [-0.2, -0.15) is 11.8 Å². The van der Waals surface area contributed by atoms with Crippen molar-refractivity contribution in [3.63, 3.8) is 0 Å². The van der Waals surface area contributed by atoms with Crippen molar-refractivity contribution in [1.29, 1.82) is 0 Å². The van der Waals surface area contributed by atoms with Gasteiger partial charge in [0, 0.05) is 38.1 Å². The first kappa shape index (κ1) is 18.1. The Morgan fingerprint density at radius 1 is 1.22 bits per heavy atom. The number of hydrogen-bond donors (Lipinski definition) is 2. The fraction of sp³-hybridized carbons (Fsp3) is 0.611. The fourth-order valence-corrected chi connectivity index (χ4v) is 3.60. The van der Waals surface area contributed by atoms with Crippen molar-refractivity contribution in [2.45, 2.75) is 30.4 Å². The molecule has 0 saturated carbocycles. The number of benzene rings is 1. The predicted molar refractivity (Wildman–Crippen MR) is 100 cm³/mol. The van der Waals surface area contributed by atoms with Gasteiger partial charge in [-0.25, -0.2) is 0 Å². The molecule has 0 bridgehead atoms. The molecule has 23 heavy (non-hydrogen) atoms. The second kappa shape index (κ2) is 9.83. The number of nitrogens with zero attached hydrogens (tertiary/aromatic N) is 1. The smallest absolute Gasteiger partial charge is 0.191 e. The fourth-order valence-electron chi connectivity index (χ4n) is 2.81. The maximum Gasteiger partial charge on any atom is 0.191 e. The van der Waals surface area contributed by atoms with E-state index in [0.717, 1.165) is 57.9 Å². The number of thioether (sulfide) groups is 1. The molecule has 2 rings (SSSR count). The minimum Gasteiger partial charge on any atom is -0.381 e. The Bertz CT molecular complexity index is 472. The van der Waals surface area contributed by atoms with Crippen LogP contribution in [0.4, 0.5) is 0 Å². The van der Waals surface area contributed by atoms with Gasteiger partial charge in [0.1, 0.15) is 0 Å². The molecule has 0 unspecified atom stereocenters. The average Bonchev–Trinajstić information content (AvgIpc) is 2.63. The van der Waals surface area contributed by atoms with Crippen LogP contribution in [0.3, 0.4) is 0 Å². The third-order valence-electron chi connectivity index (χ3n) is 4.42. The summed E-state index contributed by atoms with van der Waals surface area (Å²) in [6, 6.07) is 10.6. The molecule has 1 aromatic rings. The number of aryl methyl sites for hydroxylation is 1. The maximum absolute atomic E-state index is 5.49. The molecule has 0 radical (unpaired) electrons. The normalized spacial score (nSPS) is 17.7. The molecule has 1 saturated heterocycles. The molecular formula is C18H29N3OS. The lowest BCUT2D eigenvalue weighted by Gasteiger charge is -2.36. The zero-order valence-corrected chi connectivity index (χ0v) is 15.1. The van der Waals surface area contributed by atoms with Crippen molar-refractivity contribution >= 4 is 17.7 Å². The molecule has 0 spiro atoms. The number of aliphatic imine (C=N–C) groups is 1. The van der Waals surface area contributed by atoms with Crippen LogP contribution in [0.1, 0.15) is 24.8 Å². The summed E-state index contributed by atoms with van der Waals surface area (Å²) in [6.45, 7) is 3.61. The van der Waals surface area contributed by atoms with Gasteiger partial charge in [0.2, 0.25) is 0 Å². The van der Waals surface area contributed by atoms with E-state index < -0.39 is 0 Å². The second-order valence-corrected chi connectivity index (χ2v) is 7.22. The summed E-state index contributed by atoms with van der Waals surface area (Å²) in [7, 11) is 1.84. The number of rotatable bonds is 7. The van der Waals surface area contributed by atoms with Gasteiger partial charge in [0.25, 0.3) is 0 Å². The van der Waals surface area contributed by atoms with E-state index in [4.69, 9.17) is 4.74 Å². The maximum atomic E-state index is 5.49. The molecule has 0 amide bonds. The molecule has 2 N–H and O–H groups in total. The van der Waals surface area contributed by atoms with Crippen LogP contribution in [0, 0.1) is 0 Å². The molecule has 0 atom stereocenters. The van der Waals surface area contributed by atoms with E-state index in [0.29, 0.717) is 0 Å². The molecule has 1 aliphatic heterocycles. The van der Waals surface area contributed by atoms with E-state index in [1.165, 1.54) is 5.56 Å². The van der Waals surface area contributed by atoms with Gasteiger partial charge in [-0.1, -0.05) is 30.3 Å². The van der Waals surface area contributed by atoms with E-state index >= 15 is 0 Å². The van der Waals surface area contributed by atoms with E-state index in [1.54, 1.807) is 0 Å². The van der Waals surface area contributed by atoms with Crippen LogP contribution in [0.5, 0.6) is 0 Å². The van der Waals surface area contributed by atoms with Crippen LogP contribution >= 0.6 is 11.8 Å². The monoisotopic (exact) mass is 335 g/mol. The first-order valence-electron chi connectivity index (χ1n) is 8.39. The van der Waals surface area contributed by atoms with Gasteiger partial charge < -0.3 is 15.4 Å². The Labute approximate surface area is 144 Å². The molecule has 5 heteroatoms. The van der Waals surface area contributed by atoms with Crippen LogP contribution in [0.15, 0.2) is 35.3 Å². The van der Waals surface area contributed by atoms with Crippen molar-refractivity contribution in [2.24, 2.45) is 4.99 Å². The summed E-state index contributed by atoms with van der Waals surface area (Å²) in [4.78, 5) is 4.34. The second-order valence-electron chi connectivity index (χ2n) is 5.94. The first-order chi connectivity index (χ1) is 11.3. The highest BCUT2D eigenvalue weighted by Crippen LogP contribution is 2.32. The Balaban J connectivity index is 1.68. The highest BCUT2D eigenvalue weighted by atomic mass is 32.2. The zero-order chi connectivity index (χ0) is 16.4. The summed E-state index contributed by atoms with van der Waals surface area (Å²) >= 11 is 1.95. The van der Waals surface area contributed by atoms with Crippen molar-refractivity contribution < 1.29 is 4.74 Å². The largest absolute Gasteiger partial charge is 0.381 e. The number of nitrogens with one attached hydrogen (secondary N) is 2. The summed E-state index contributed by atoms with van der Waals surface area (Å²) in [5, 5.41) is 6.91. The van der Waals surface area contributed by atoms with Crippen LogP contribution < -0.4 is 10.6 Å². The van der Waals surface area contributed by atoms with E-state index in [9.17, 15) is 0 Å². The third kappa shape index (κ3) is 6.07. The zero-order valence-electron chi connectivity index (χ0n) is 14.3. The van der Waals surface area contributed by atoms with Gasteiger partial charge >= 0.3 is 0 Å². The number of ether oxygens (including phenoxy) is 1. The lowest BCUT2D eigenvalue weighted by Crippen LogP contribution is -2.48. The van der Waals surface area contributed by atoms with Crippen LogP contribution in [0.2, 0.25) is 0 Å². The molecule has 1 fully saturated rings. The summed E-state index contributed by atoms with van der Waals surface area (Å²) < 4.78 is 5.77. The summed E-state index contributed by atoms with van der Waals surface area (Å²) in [6.07, 6.45) is 6.60. The Hall–Kier alpha value is -1.20. The van der Waals surface area contributed by atoms with Gasteiger partial charge in [-0.15, -0.1) is 0 Å². The topological polar surface area (TPSA) is 45.7 Å². The summed E-state index contributed by atoms with van der Waals surface area (Å²) in [5.74, 6) is 0.901. The lowest BCUT2D eigenvalue weighted by atomic mass is 9.99. The minimum atomic E-state index is 0.278. The van der Waals surface area contributed by atoms with Crippen LogP contribution in [0.25, 0.3) is 0 Å². The van der Waals surface area contributed by atoms with E-state index in [2.05, 4.69) is 52.2 Å². The van der Waals surface area contributed by atoms with Gasteiger partial charge in [0.15, 0.2) is 5.96 Å². The molecule has 1 heterocycles. The average molecular weight is 336 g/mol. The van der Waals surface area contributed by atoms with E-state index in [1.807, 2.05) is 18.8 Å². The molecule has 4 nitrogen and oxygen atoms in total. The third-order valence-corrected chi connectivity index (χ3v) is 5.83. The molecule has 1 aliphatic rings. The van der Waals surface area contributed by atoms with E-state index in [-0.39, 0.29) is 4.75 Å². The molecular weight excluding hydrogens is 306 g/mol. The lowest BCUT2D eigenvalue weighted by molar-refractivity contribution is 0.0783. The first-order valence-corrected chi connectivity index (χ1v) is 9.62. The summed E-state index contributed by atoms with van der Waals surface area (Å²) in [5.41, 5.74) is 1.39. The highest BCUT2D eigenvalue weighted by Gasteiger charge is 2.31. The SMILES string of the molecule is CN=C(NCCCc1ccccc1)NCC1(SC)CCOCC1. The molecule has 128 valence electrons. The van der Waals surface area contributed by atoms with Crippen LogP contribution in [-0.4, -0.2) is 50.3 Å². The quantitative estimate of drug-likeness (QED) is 0.457. The van der Waals surface area contributed by atoms with Gasteiger partial charge in [-0.05, 0) is 37.5 Å². The van der Waals surface area contributed by atoms with Crippen molar-refractivity contribution in [2.75, 3.05) is 39.6 Å². The Morgan fingerprint density at radius 3 is 2.61 bits per heavy atom. The molecule has 1 aromatic carbocycles. The van der Waals surface area contributed by atoms with Crippen molar-refractivity contribution in [3.8, 4) is 0 Å². The Morgan fingerprint density at radius 2 is 1.96 bits per heavy atom. The minimum absolute atomic E-state index is 0.278. The van der Waals surface area contributed by atoms with Crippen molar-refractivity contribution in [3.05, 3.63) is 35.9 Å². The number of guanidine groups is 1. The van der Waals surface area contributed by atoms with Gasteiger partial charge in [-0.3, -0.25) is 4.99 Å².